The Labute approximate surface area is 43.0 Å². The molecule has 0 aromatic carbocycles. The predicted octanol–water partition coefficient (Wildman–Crippen LogP) is -0.759. The second kappa shape index (κ2) is 1.41. The molecule has 7 heavy (non-hydrogen) atoms. The molecule has 0 saturated heterocycles. The number of oxazole rings is 1. The topological polar surface area (TPSA) is 26.0 Å². The summed E-state index contributed by atoms with van der Waals surface area (Å²) in [5.41, 5.74) is 1.88. The molecule has 0 aliphatic heterocycles. The molecule has 2 nitrogen and oxygen atoms in total. The van der Waals surface area contributed by atoms with Crippen LogP contribution >= 0.6 is 0 Å². The number of aromatic nitrogens is 1. The number of nitrogens with zero attached hydrogens (tertiary/aromatic N) is 1. The maximum Gasteiger partial charge on any atom is 0.189 e. The molecule has 36 valence electrons. The van der Waals surface area contributed by atoms with Crippen LogP contribution in [0.4, 0.5) is 0 Å². The summed E-state index contributed by atoms with van der Waals surface area (Å²) >= 11 is 0. The van der Waals surface area contributed by atoms with Gasteiger partial charge in [-0.15, -0.1) is 0 Å². The third-order valence-electron chi connectivity index (χ3n) is 0.985. The van der Waals surface area contributed by atoms with Crippen molar-refractivity contribution in [2.24, 2.45) is 0 Å². The minimum atomic E-state index is 0.903. The highest BCUT2D eigenvalue weighted by Gasteiger charge is 1.90. The van der Waals surface area contributed by atoms with Gasteiger partial charge in [-0.05, 0) is 6.92 Å². The fraction of sp³-hybridized carbons (Fsp3) is 0.250. The Morgan fingerprint density at radius 2 is 2.57 bits per heavy atom. The van der Waals surface area contributed by atoms with E-state index >= 15 is 0 Å². The van der Waals surface area contributed by atoms with Gasteiger partial charge in [0.2, 0.25) is 0 Å². The summed E-state index contributed by atoms with van der Waals surface area (Å²) < 4.78 is 4.85. The van der Waals surface area contributed by atoms with E-state index in [4.69, 9.17) is 4.42 Å². The lowest BCUT2D eigenvalue weighted by Gasteiger charge is -1.76. The van der Waals surface area contributed by atoms with Crippen molar-refractivity contribution in [2.45, 2.75) is 6.92 Å². The third kappa shape index (κ3) is 0.658. The summed E-state index contributed by atoms with van der Waals surface area (Å²) in [6, 6.07) is 0. The average Bonchev–Trinajstić information content (AvgIpc) is 1.91. The van der Waals surface area contributed by atoms with Crippen LogP contribution in [0.1, 0.15) is 5.69 Å². The van der Waals surface area contributed by atoms with Crippen molar-refractivity contribution in [2.75, 3.05) is 0 Å². The van der Waals surface area contributed by atoms with Crippen molar-refractivity contribution in [3.63, 3.8) is 0 Å². The fourth-order valence-electron chi connectivity index (χ4n) is 0.361. The van der Waals surface area contributed by atoms with Gasteiger partial charge in [0.15, 0.2) is 14.2 Å². The van der Waals surface area contributed by atoms with Crippen LogP contribution in [0.2, 0.25) is 0 Å². The van der Waals surface area contributed by atoms with Crippen molar-refractivity contribution < 1.29 is 4.42 Å². The van der Waals surface area contributed by atoms with E-state index in [1.807, 2.05) is 14.8 Å². The van der Waals surface area contributed by atoms with Crippen molar-refractivity contribution in [1.82, 2.24) is 4.98 Å². The quantitative estimate of drug-likeness (QED) is 0.396. The van der Waals surface area contributed by atoms with Gasteiger partial charge < -0.3 is 4.42 Å². The normalized spacial score (nSPS) is 9.29. The molecule has 0 aliphatic rings. The molecular formula is C4H6BNO. The summed E-state index contributed by atoms with van der Waals surface area (Å²) in [7, 11) is 1.89. The molecule has 1 heterocycles. The van der Waals surface area contributed by atoms with E-state index in [-0.39, 0.29) is 0 Å². The van der Waals surface area contributed by atoms with Gasteiger partial charge in [0, 0.05) is 0 Å². The van der Waals surface area contributed by atoms with E-state index < -0.39 is 0 Å². The molecule has 0 fully saturated rings. The first-order chi connectivity index (χ1) is 3.30. The molecule has 0 aliphatic carbocycles. The molecular weight excluding hydrogens is 88.9 g/mol. The van der Waals surface area contributed by atoms with Crippen molar-refractivity contribution in [3.8, 4) is 0 Å². The molecule has 0 N–H and O–H groups in total. The lowest BCUT2D eigenvalue weighted by molar-refractivity contribution is 0.590. The fourth-order valence-corrected chi connectivity index (χ4v) is 0.361. The van der Waals surface area contributed by atoms with Gasteiger partial charge in [-0.1, -0.05) is 0 Å². The minimum Gasteiger partial charge on any atom is -0.459 e. The van der Waals surface area contributed by atoms with Gasteiger partial charge >= 0.3 is 0 Å². The number of rotatable bonds is 0. The van der Waals surface area contributed by atoms with Crippen LogP contribution in [0.3, 0.4) is 0 Å². The van der Waals surface area contributed by atoms with Crippen LogP contribution in [0.5, 0.6) is 0 Å². The monoisotopic (exact) mass is 95.1 g/mol. The molecule has 1 rings (SSSR count). The lowest BCUT2D eigenvalue weighted by atomic mass is 10.1. The van der Waals surface area contributed by atoms with Gasteiger partial charge in [-0.3, -0.25) is 0 Å². The summed E-state index contributed by atoms with van der Waals surface area (Å²) in [6.45, 7) is 1.92. The van der Waals surface area contributed by atoms with E-state index in [0.717, 1.165) is 11.4 Å². The summed E-state index contributed by atoms with van der Waals surface area (Å²) in [6.07, 6.45) is 1.45. The Balaban J connectivity index is 3.12. The van der Waals surface area contributed by atoms with Gasteiger partial charge in [0.05, 0.1) is 11.4 Å². The Morgan fingerprint density at radius 1 is 1.86 bits per heavy atom. The van der Waals surface area contributed by atoms with E-state index in [1.165, 1.54) is 6.39 Å². The van der Waals surface area contributed by atoms with Crippen LogP contribution in [0.25, 0.3) is 0 Å². The maximum absolute atomic E-state index is 4.85. The number of hydrogen-bond donors (Lipinski definition) is 0. The van der Waals surface area contributed by atoms with Crippen LogP contribution in [0, 0.1) is 6.92 Å². The highest BCUT2D eigenvalue weighted by atomic mass is 16.3. The van der Waals surface area contributed by atoms with Crippen molar-refractivity contribution in [3.05, 3.63) is 12.1 Å². The van der Waals surface area contributed by atoms with E-state index in [2.05, 4.69) is 4.98 Å². The average molecular weight is 94.9 g/mol. The van der Waals surface area contributed by atoms with Gasteiger partial charge in [-0.2, -0.15) is 0 Å². The second-order valence-electron chi connectivity index (χ2n) is 1.49. The predicted molar refractivity (Wildman–Crippen MR) is 29.4 cm³/mol. The Bertz CT molecular complexity index is 144. The molecule has 1 aromatic heterocycles. The van der Waals surface area contributed by atoms with Crippen molar-refractivity contribution in [1.29, 1.82) is 0 Å². The zero-order valence-corrected chi connectivity index (χ0v) is 4.43. The van der Waals surface area contributed by atoms with Crippen LogP contribution in [-0.4, -0.2) is 12.8 Å². The number of aryl methyl sites for hydroxylation is 1. The maximum atomic E-state index is 4.85. The first kappa shape index (κ1) is 4.43. The Morgan fingerprint density at radius 3 is 2.71 bits per heavy atom. The molecule has 3 heteroatoms. The van der Waals surface area contributed by atoms with Crippen LogP contribution in [-0.2, 0) is 0 Å². The number of hydrogen-bond acceptors (Lipinski definition) is 2. The van der Waals surface area contributed by atoms with Crippen LogP contribution in [0.15, 0.2) is 10.8 Å². The first-order valence-corrected chi connectivity index (χ1v) is 2.17. The van der Waals surface area contributed by atoms with Crippen LogP contribution < -0.4 is 5.66 Å². The SMILES string of the molecule is Bc1ocnc1C. The minimum absolute atomic E-state index is 0.903. The van der Waals surface area contributed by atoms with E-state index in [0.29, 0.717) is 0 Å². The van der Waals surface area contributed by atoms with Gasteiger partial charge in [0.1, 0.15) is 0 Å². The molecule has 0 amide bonds. The highest BCUT2D eigenvalue weighted by molar-refractivity contribution is 6.30. The second-order valence-corrected chi connectivity index (χ2v) is 1.49. The smallest absolute Gasteiger partial charge is 0.189 e. The Kier molecular flexibility index (Phi) is 0.892. The molecule has 0 bridgehead atoms. The summed E-state index contributed by atoms with van der Waals surface area (Å²) in [4.78, 5) is 3.85. The lowest BCUT2D eigenvalue weighted by Crippen LogP contribution is -2.00. The molecule has 1 aromatic rings. The summed E-state index contributed by atoms with van der Waals surface area (Å²) in [5.74, 6) is 0. The molecule has 0 radical (unpaired) electrons. The molecule has 0 unspecified atom stereocenters. The summed E-state index contributed by atoms with van der Waals surface area (Å²) in [5, 5.41) is 0. The largest absolute Gasteiger partial charge is 0.459 e. The standard InChI is InChI=1S/C4H6BNO/c1-3-4(5)7-2-6-3/h2H,5H2,1H3. The van der Waals surface area contributed by atoms with E-state index in [9.17, 15) is 0 Å². The first-order valence-electron chi connectivity index (χ1n) is 2.17. The van der Waals surface area contributed by atoms with Gasteiger partial charge in [0.25, 0.3) is 0 Å². The zero-order chi connectivity index (χ0) is 5.28. The molecule has 0 spiro atoms. The van der Waals surface area contributed by atoms with Gasteiger partial charge in [-0.25, -0.2) is 4.98 Å². The van der Waals surface area contributed by atoms with E-state index in [1.54, 1.807) is 0 Å². The molecule has 0 atom stereocenters. The Hall–Kier alpha value is -0.725. The van der Waals surface area contributed by atoms with Crippen molar-refractivity contribution >= 4 is 13.5 Å². The molecule has 0 saturated carbocycles. The zero-order valence-electron chi connectivity index (χ0n) is 4.43. The third-order valence-corrected chi connectivity index (χ3v) is 0.985. The highest BCUT2D eigenvalue weighted by Crippen LogP contribution is 1.82.